The van der Waals surface area contributed by atoms with E-state index in [1.165, 1.54) is 106 Å². The van der Waals surface area contributed by atoms with Gasteiger partial charge in [0.2, 0.25) is 0 Å². The highest BCUT2D eigenvalue weighted by molar-refractivity contribution is 5.98. The molecule has 2 unspecified atom stereocenters. The van der Waals surface area contributed by atoms with Gasteiger partial charge in [-0.05, 0) is 156 Å². The molecule has 0 heterocycles. The molecule has 0 bridgehead atoms. The SMILES string of the molecule is C=C/C=C\C1=C(C)C2(c3ccccc31)c1ccccc1-c1ccc(N(c3ccc4c(c3)C(C)(c3ccccc3)c3ccccc3-4)c3ccc4c(c3)C(c3ccccc3)(c3ccccc3)c3ccccc3-4)cc12. The maximum atomic E-state index is 4.07. The second-order valence-corrected chi connectivity index (χ2v) is 20.1. The molecule has 0 radical (unpaired) electrons. The molecule has 10 aromatic rings. The van der Waals surface area contributed by atoms with Crippen molar-refractivity contribution in [3.8, 4) is 33.4 Å². The van der Waals surface area contributed by atoms with Crippen LogP contribution in [0.2, 0.25) is 0 Å². The fourth-order valence-electron chi connectivity index (χ4n) is 13.9. The zero-order chi connectivity index (χ0) is 48.2. The third-order valence-electron chi connectivity index (χ3n) is 16.9. The van der Waals surface area contributed by atoms with Crippen molar-refractivity contribution in [1.29, 1.82) is 0 Å². The molecule has 0 amide bonds. The minimum atomic E-state index is -0.559. The Morgan fingerprint density at radius 3 is 1.22 bits per heavy atom. The quantitative estimate of drug-likeness (QED) is 0.137. The van der Waals surface area contributed by atoms with E-state index in [1.807, 2.05) is 6.08 Å². The van der Waals surface area contributed by atoms with Crippen LogP contribution in [0.5, 0.6) is 0 Å². The Hall–Kier alpha value is -8.78. The average molecular weight is 918 g/mol. The Labute approximate surface area is 423 Å². The standard InChI is InChI=1S/C71H51N/c1-4-5-29-54-47(2)70(63-35-20-16-30-55(54)63)64-36-21-17-32-57(64)60-42-39-52(45-67(60)70)72(51-38-41-59-56-31-15-19-34-62(56)69(3,66(59)44-51)48-23-9-6-10-24-48)53-40-43-61-58-33-18-22-37-65(58)71(68(61)46-53,49-25-11-7-12-26-49)50-27-13-8-14-28-50/h4-46H,1H2,2-3H3/b29-5-. The number of nitrogens with zero attached hydrogens (tertiary/aromatic N) is 1. The first-order valence-electron chi connectivity index (χ1n) is 25.3. The second-order valence-electron chi connectivity index (χ2n) is 20.1. The molecule has 0 aliphatic heterocycles. The predicted octanol–water partition coefficient (Wildman–Crippen LogP) is 17.7. The number of rotatable bonds is 8. The number of fused-ring (bicyclic) bond motifs is 13. The molecule has 1 heteroatoms. The minimum Gasteiger partial charge on any atom is -0.310 e. The molecule has 1 spiro atoms. The van der Waals surface area contributed by atoms with Gasteiger partial charge in [0.25, 0.3) is 0 Å². The van der Waals surface area contributed by atoms with Crippen molar-refractivity contribution in [3.63, 3.8) is 0 Å². The zero-order valence-corrected chi connectivity index (χ0v) is 40.5. The average Bonchev–Trinajstić information content (AvgIpc) is 4.09. The van der Waals surface area contributed by atoms with Crippen molar-refractivity contribution >= 4 is 22.6 Å². The monoisotopic (exact) mass is 917 g/mol. The summed E-state index contributed by atoms with van der Waals surface area (Å²) in [6, 6.07) is 91.4. The smallest absolute Gasteiger partial charge is 0.0714 e. The first kappa shape index (κ1) is 42.1. The van der Waals surface area contributed by atoms with Gasteiger partial charge in [0.05, 0.1) is 10.8 Å². The number of hydrogen-bond acceptors (Lipinski definition) is 1. The lowest BCUT2D eigenvalue weighted by molar-refractivity contribution is 0.714. The first-order chi connectivity index (χ1) is 35.5. The van der Waals surface area contributed by atoms with Crippen molar-refractivity contribution in [2.75, 3.05) is 4.90 Å². The molecule has 0 saturated heterocycles. The van der Waals surface area contributed by atoms with E-state index in [9.17, 15) is 0 Å². The van der Waals surface area contributed by atoms with E-state index < -0.39 is 10.8 Å². The van der Waals surface area contributed by atoms with Gasteiger partial charge in [-0.2, -0.15) is 0 Å². The number of anilines is 3. The van der Waals surface area contributed by atoms with Gasteiger partial charge < -0.3 is 4.90 Å². The highest BCUT2D eigenvalue weighted by Gasteiger charge is 2.52. The van der Waals surface area contributed by atoms with Crippen molar-refractivity contribution < 1.29 is 0 Å². The van der Waals surface area contributed by atoms with Crippen molar-refractivity contribution in [3.05, 3.63) is 334 Å². The molecule has 0 aromatic heterocycles. The summed E-state index contributed by atoms with van der Waals surface area (Å²) in [7, 11) is 0. The van der Waals surface area contributed by atoms with Gasteiger partial charge in [-0.3, -0.25) is 0 Å². The number of allylic oxidation sites excluding steroid dienone is 5. The summed E-state index contributed by atoms with van der Waals surface area (Å²) in [6.07, 6.45) is 6.23. The first-order valence-corrected chi connectivity index (χ1v) is 25.3. The van der Waals surface area contributed by atoms with E-state index >= 15 is 0 Å². The van der Waals surface area contributed by atoms with Crippen LogP contribution in [0, 0.1) is 0 Å². The molecule has 0 saturated carbocycles. The second kappa shape index (κ2) is 15.9. The maximum absolute atomic E-state index is 4.07. The third kappa shape index (κ3) is 5.54. The molecule has 4 aliphatic rings. The Bertz CT molecular complexity index is 3870. The highest BCUT2D eigenvalue weighted by atomic mass is 15.1. The van der Waals surface area contributed by atoms with Gasteiger partial charge in [-0.25, -0.2) is 0 Å². The number of hydrogen-bond donors (Lipinski definition) is 0. The summed E-state index contributed by atoms with van der Waals surface area (Å²) in [5, 5.41) is 0. The Morgan fingerprint density at radius 1 is 0.347 bits per heavy atom. The highest BCUT2D eigenvalue weighted by Crippen LogP contribution is 2.64. The van der Waals surface area contributed by atoms with Gasteiger partial charge >= 0.3 is 0 Å². The molecule has 4 aliphatic carbocycles. The molecule has 340 valence electrons. The van der Waals surface area contributed by atoms with E-state index in [0.717, 1.165) is 17.1 Å². The maximum Gasteiger partial charge on any atom is 0.0714 e. The van der Waals surface area contributed by atoms with Crippen molar-refractivity contribution in [2.24, 2.45) is 0 Å². The molecule has 72 heavy (non-hydrogen) atoms. The van der Waals surface area contributed by atoms with Crippen LogP contribution in [-0.2, 0) is 16.2 Å². The fourth-order valence-corrected chi connectivity index (χ4v) is 13.9. The molecular formula is C71H51N. The van der Waals surface area contributed by atoms with Crippen LogP contribution in [-0.4, -0.2) is 0 Å². The topological polar surface area (TPSA) is 3.24 Å². The summed E-state index contributed by atoms with van der Waals surface area (Å²) in [4.78, 5) is 2.55. The lowest BCUT2D eigenvalue weighted by Gasteiger charge is -2.35. The Morgan fingerprint density at radius 2 is 0.708 bits per heavy atom. The molecule has 14 rings (SSSR count). The lowest BCUT2D eigenvalue weighted by Crippen LogP contribution is -2.28. The molecule has 10 aromatic carbocycles. The number of benzene rings is 10. The van der Waals surface area contributed by atoms with Gasteiger partial charge in [-0.15, -0.1) is 0 Å². The predicted molar refractivity (Wildman–Crippen MR) is 300 cm³/mol. The van der Waals surface area contributed by atoms with E-state index in [-0.39, 0.29) is 5.41 Å². The molecule has 1 nitrogen and oxygen atoms in total. The van der Waals surface area contributed by atoms with Crippen LogP contribution in [0.25, 0.3) is 39.0 Å². The van der Waals surface area contributed by atoms with Crippen molar-refractivity contribution in [1.82, 2.24) is 0 Å². The summed E-state index contributed by atoms with van der Waals surface area (Å²) in [5.41, 5.74) is 26.4. The van der Waals surface area contributed by atoms with E-state index in [4.69, 9.17) is 0 Å². The van der Waals surface area contributed by atoms with Crippen LogP contribution in [0.1, 0.15) is 75.0 Å². The minimum absolute atomic E-state index is 0.376. The Kier molecular flexibility index (Phi) is 9.29. The third-order valence-corrected chi connectivity index (χ3v) is 16.9. The Balaban J connectivity index is 1.06. The van der Waals surface area contributed by atoms with Gasteiger partial charge in [0.15, 0.2) is 0 Å². The van der Waals surface area contributed by atoms with Crippen LogP contribution < -0.4 is 4.90 Å². The van der Waals surface area contributed by atoms with Gasteiger partial charge in [0, 0.05) is 22.5 Å². The van der Waals surface area contributed by atoms with E-state index in [0.29, 0.717) is 0 Å². The van der Waals surface area contributed by atoms with E-state index in [2.05, 4.69) is 280 Å². The molecular weight excluding hydrogens is 867 g/mol. The summed E-state index contributed by atoms with van der Waals surface area (Å²) >= 11 is 0. The normalized spacial score (nSPS) is 18.0. The lowest BCUT2D eigenvalue weighted by atomic mass is 9.67. The molecule has 0 fully saturated rings. The largest absolute Gasteiger partial charge is 0.310 e. The zero-order valence-electron chi connectivity index (χ0n) is 40.5. The molecule has 2 atom stereocenters. The molecule has 0 N–H and O–H groups in total. The van der Waals surface area contributed by atoms with Crippen molar-refractivity contribution in [2.45, 2.75) is 30.1 Å². The fraction of sp³-hybridized carbons (Fsp3) is 0.0704. The van der Waals surface area contributed by atoms with Crippen LogP contribution in [0.3, 0.4) is 0 Å². The van der Waals surface area contributed by atoms with Crippen LogP contribution in [0.15, 0.2) is 273 Å². The van der Waals surface area contributed by atoms with Gasteiger partial charge in [0.1, 0.15) is 0 Å². The van der Waals surface area contributed by atoms with Crippen LogP contribution in [0.4, 0.5) is 17.1 Å². The summed E-state index contributed by atoms with van der Waals surface area (Å²) < 4.78 is 0. The van der Waals surface area contributed by atoms with Gasteiger partial charge in [-0.1, -0.05) is 231 Å². The summed E-state index contributed by atoms with van der Waals surface area (Å²) in [5.74, 6) is 0. The summed E-state index contributed by atoms with van der Waals surface area (Å²) in [6.45, 7) is 8.85. The van der Waals surface area contributed by atoms with Crippen LogP contribution >= 0.6 is 0 Å². The van der Waals surface area contributed by atoms with E-state index in [1.54, 1.807) is 0 Å².